The smallest absolute Gasteiger partial charge is 0.449 e. The summed E-state index contributed by atoms with van der Waals surface area (Å²) < 4.78 is 25.5. The molecule has 0 bridgehead atoms. The van der Waals surface area contributed by atoms with Gasteiger partial charge in [-0.3, -0.25) is 0 Å². The van der Waals surface area contributed by atoms with E-state index in [2.05, 4.69) is 0 Å². The zero-order valence-corrected chi connectivity index (χ0v) is 11.9. The zero-order valence-electron chi connectivity index (χ0n) is 10.9. The van der Waals surface area contributed by atoms with E-state index in [0.717, 1.165) is 0 Å². The molecule has 0 unspecified atom stereocenters. The first-order valence-corrected chi connectivity index (χ1v) is 6.84. The van der Waals surface area contributed by atoms with Crippen LogP contribution >= 0.6 is 0 Å². The Hall–Kier alpha value is -0.516. The van der Waals surface area contributed by atoms with Crippen LogP contribution in [0.4, 0.5) is 0 Å². The van der Waals surface area contributed by atoms with Gasteiger partial charge < -0.3 is 22.4 Å². The third kappa shape index (κ3) is 7.74. The van der Waals surface area contributed by atoms with Gasteiger partial charge in [0.1, 0.15) is 6.79 Å². The van der Waals surface area contributed by atoms with Gasteiger partial charge in [0.05, 0.1) is 6.10 Å². The molecule has 0 aromatic carbocycles. The highest BCUT2D eigenvalue weighted by Crippen LogP contribution is 2.10. The van der Waals surface area contributed by atoms with Crippen molar-refractivity contribution in [2.24, 2.45) is 0 Å². The summed E-state index contributed by atoms with van der Waals surface area (Å²) in [5.41, 5.74) is 0. The summed E-state index contributed by atoms with van der Waals surface area (Å²) in [6.45, 7) is 5.36. The Bertz CT molecular complexity index is 253. The summed E-state index contributed by atoms with van der Waals surface area (Å²) in [4.78, 5) is 11.3. The highest BCUT2D eigenvalue weighted by atomic mass is 28.4. The Labute approximate surface area is 114 Å². The van der Waals surface area contributed by atoms with E-state index in [1.54, 1.807) is 13.0 Å². The number of allylic oxidation sites excluding steroid dienone is 1. The van der Waals surface area contributed by atoms with Crippen LogP contribution in [0.2, 0.25) is 0 Å². The molecular weight excluding hydrogens is 272 g/mol. The first-order valence-electron chi connectivity index (χ1n) is 5.21. The van der Waals surface area contributed by atoms with Crippen LogP contribution in [-0.2, 0) is 27.2 Å². The Morgan fingerprint density at radius 3 is 2.22 bits per heavy atom. The van der Waals surface area contributed by atoms with Crippen LogP contribution in [0.25, 0.3) is 0 Å². The predicted octanol–water partition coefficient (Wildman–Crippen LogP) is -0.218. The van der Waals surface area contributed by atoms with Crippen LogP contribution in [0.3, 0.4) is 0 Å². The molecule has 0 spiro atoms. The lowest BCUT2D eigenvalue weighted by Crippen LogP contribution is -2.49. The summed E-state index contributed by atoms with van der Waals surface area (Å²) in [5.74, 6) is -0.576. The quantitative estimate of drug-likeness (QED) is 0.351. The standard InChI is InChI=1S/C10H20O6Si.H4Si/c1-6-7-10(11)16-17(12-4,13-5)15-8-14-9(2)3;/h6-7,9H,8H2,1-5H3;1H4. The fourth-order valence-corrected chi connectivity index (χ4v) is 2.00. The van der Waals surface area contributed by atoms with E-state index in [4.69, 9.17) is 22.4 Å². The van der Waals surface area contributed by atoms with Crippen LogP contribution in [0.1, 0.15) is 20.8 Å². The highest BCUT2D eigenvalue weighted by molar-refractivity contribution is 6.55. The molecule has 0 heterocycles. The van der Waals surface area contributed by atoms with Crippen molar-refractivity contribution in [3.8, 4) is 0 Å². The maximum Gasteiger partial charge on any atom is 0.753 e. The van der Waals surface area contributed by atoms with Crippen molar-refractivity contribution in [1.82, 2.24) is 0 Å². The van der Waals surface area contributed by atoms with E-state index in [1.807, 2.05) is 13.8 Å². The maximum atomic E-state index is 11.3. The third-order valence-corrected chi connectivity index (χ3v) is 3.59. The fraction of sp³-hybridized carbons (Fsp3) is 0.700. The first kappa shape index (κ1) is 19.8. The Kier molecular flexibility index (Phi) is 11.5. The molecule has 0 amide bonds. The van der Waals surface area contributed by atoms with Gasteiger partial charge in [-0.2, -0.15) is 0 Å². The maximum absolute atomic E-state index is 11.3. The van der Waals surface area contributed by atoms with Crippen LogP contribution < -0.4 is 0 Å². The lowest BCUT2D eigenvalue weighted by atomic mass is 10.5. The lowest BCUT2D eigenvalue weighted by molar-refractivity contribution is -0.143. The minimum Gasteiger partial charge on any atom is -0.449 e. The molecule has 0 N–H and O–H groups in total. The van der Waals surface area contributed by atoms with E-state index < -0.39 is 15.0 Å². The van der Waals surface area contributed by atoms with Gasteiger partial charge in [-0.15, -0.1) is 0 Å². The molecule has 0 radical (unpaired) electrons. The lowest BCUT2D eigenvalue weighted by Gasteiger charge is -2.23. The second kappa shape index (κ2) is 10.4. The Morgan fingerprint density at radius 1 is 1.28 bits per heavy atom. The number of rotatable bonds is 8. The Morgan fingerprint density at radius 2 is 1.83 bits per heavy atom. The normalized spacial score (nSPS) is 11.7. The summed E-state index contributed by atoms with van der Waals surface area (Å²) in [6, 6.07) is 0. The van der Waals surface area contributed by atoms with Crippen LogP contribution in [0.15, 0.2) is 12.2 Å². The van der Waals surface area contributed by atoms with Gasteiger partial charge in [-0.25, -0.2) is 4.79 Å². The minimum absolute atomic E-state index is 0. The summed E-state index contributed by atoms with van der Waals surface area (Å²) >= 11 is 0. The zero-order chi connectivity index (χ0) is 13.3. The largest absolute Gasteiger partial charge is 0.753 e. The molecule has 0 aromatic rings. The van der Waals surface area contributed by atoms with Crippen LogP contribution in [0.5, 0.6) is 0 Å². The SMILES string of the molecule is CC=CC(=O)O[Si](OC)(OC)OCOC(C)C.[SiH4]. The van der Waals surface area contributed by atoms with Gasteiger partial charge >= 0.3 is 15.0 Å². The Balaban J connectivity index is 0. The van der Waals surface area contributed by atoms with Gasteiger partial charge in [0.2, 0.25) is 0 Å². The molecule has 0 aliphatic carbocycles. The van der Waals surface area contributed by atoms with Gasteiger partial charge in [0, 0.05) is 20.3 Å². The molecule has 8 heteroatoms. The second-order valence-electron chi connectivity index (χ2n) is 3.31. The molecule has 0 saturated heterocycles. The second-order valence-corrected chi connectivity index (χ2v) is 5.62. The van der Waals surface area contributed by atoms with Gasteiger partial charge in [-0.1, -0.05) is 6.08 Å². The van der Waals surface area contributed by atoms with E-state index in [-0.39, 0.29) is 23.9 Å². The van der Waals surface area contributed by atoms with Crippen molar-refractivity contribution in [1.29, 1.82) is 0 Å². The van der Waals surface area contributed by atoms with Crippen molar-refractivity contribution >= 4 is 26.0 Å². The molecule has 18 heavy (non-hydrogen) atoms. The van der Waals surface area contributed by atoms with Crippen molar-refractivity contribution in [2.75, 3.05) is 21.0 Å². The van der Waals surface area contributed by atoms with Crippen LogP contribution in [-0.4, -0.2) is 53.1 Å². The van der Waals surface area contributed by atoms with Crippen molar-refractivity contribution in [2.45, 2.75) is 26.9 Å². The average molecular weight is 296 g/mol. The summed E-state index contributed by atoms with van der Waals surface area (Å²) in [7, 11) is -0.726. The van der Waals surface area contributed by atoms with E-state index in [1.165, 1.54) is 20.3 Å². The summed E-state index contributed by atoms with van der Waals surface area (Å²) in [6.07, 6.45) is 2.81. The number of hydrogen-bond donors (Lipinski definition) is 0. The molecule has 0 aromatic heterocycles. The summed E-state index contributed by atoms with van der Waals surface area (Å²) in [5, 5.41) is 0. The van der Waals surface area contributed by atoms with E-state index >= 15 is 0 Å². The van der Waals surface area contributed by atoms with Gasteiger partial charge in [0.15, 0.2) is 0 Å². The van der Waals surface area contributed by atoms with E-state index in [9.17, 15) is 4.79 Å². The topological polar surface area (TPSA) is 63.2 Å². The molecule has 0 aliphatic heterocycles. The molecular formula is C10H24O6Si2. The monoisotopic (exact) mass is 296 g/mol. The minimum atomic E-state index is -3.44. The molecule has 0 aliphatic rings. The molecule has 0 rings (SSSR count). The fourth-order valence-electron chi connectivity index (χ4n) is 0.850. The van der Waals surface area contributed by atoms with E-state index in [0.29, 0.717) is 0 Å². The molecule has 0 atom stereocenters. The molecule has 108 valence electrons. The molecule has 0 fully saturated rings. The number of carbonyl (C=O) groups excluding carboxylic acids is 1. The van der Waals surface area contributed by atoms with Crippen molar-refractivity contribution in [3.63, 3.8) is 0 Å². The highest BCUT2D eigenvalue weighted by Gasteiger charge is 2.48. The number of ether oxygens (including phenoxy) is 1. The number of hydrogen-bond acceptors (Lipinski definition) is 6. The average Bonchev–Trinajstić information content (AvgIpc) is 2.27. The van der Waals surface area contributed by atoms with Gasteiger partial charge in [-0.05, 0) is 31.7 Å². The number of carbonyl (C=O) groups is 1. The molecule has 6 nitrogen and oxygen atoms in total. The van der Waals surface area contributed by atoms with Gasteiger partial charge in [0.25, 0.3) is 0 Å². The predicted molar refractivity (Wildman–Crippen MR) is 74.2 cm³/mol. The van der Waals surface area contributed by atoms with Crippen LogP contribution in [0, 0.1) is 0 Å². The third-order valence-electron chi connectivity index (χ3n) is 1.67. The molecule has 0 saturated carbocycles. The van der Waals surface area contributed by atoms with Crippen molar-refractivity contribution in [3.05, 3.63) is 12.2 Å². The first-order chi connectivity index (χ1) is 7.99. The van der Waals surface area contributed by atoms with Crippen molar-refractivity contribution < 1.29 is 27.2 Å².